The topological polar surface area (TPSA) is 104 Å². The zero-order valence-corrected chi connectivity index (χ0v) is 17.8. The second-order valence-corrected chi connectivity index (χ2v) is 8.52. The Kier molecular flexibility index (Phi) is 7.16. The number of hydrogen-bond donors (Lipinski definition) is 2. The Labute approximate surface area is 172 Å². The van der Waals surface area contributed by atoms with Crippen molar-refractivity contribution < 1.29 is 4.79 Å². The van der Waals surface area contributed by atoms with E-state index in [0.717, 1.165) is 57.9 Å². The quantitative estimate of drug-likeness (QED) is 0.723. The van der Waals surface area contributed by atoms with Gasteiger partial charge >= 0.3 is 5.69 Å². The minimum Gasteiger partial charge on any atom is -0.383 e. The summed E-state index contributed by atoms with van der Waals surface area (Å²) in [6.45, 7) is 5.79. The summed E-state index contributed by atoms with van der Waals surface area (Å²) in [6, 6.07) is 0.315. The standard InChI is InChI=1S/C21H35N5O3/c1-3-4-13-25-19(22)18(20(28)23-21(25)29)26(16-10-5-6-11-16)17(27)14-24-12-8-7-9-15(24)2/h15-16H,3-14,22H2,1-2H3,(H,23,28,29)/t15-/m0/s1. The van der Waals surface area contributed by atoms with E-state index in [2.05, 4.69) is 16.8 Å². The van der Waals surface area contributed by atoms with Crippen molar-refractivity contribution in [2.24, 2.45) is 0 Å². The van der Waals surface area contributed by atoms with E-state index in [1.165, 1.54) is 11.0 Å². The molecule has 1 aromatic rings. The van der Waals surface area contributed by atoms with Gasteiger partial charge in [-0.05, 0) is 45.6 Å². The lowest BCUT2D eigenvalue weighted by molar-refractivity contribution is -0.121. The summed E-state index contributed by atoms with van der Waals surface area (Å²) in [4.78, 5) is 44.8. The van der Waals surface area contributed by atoms with Crippen LogP contribution in [0.15, 0.2) is 9.59 Å². The fraction of sp³-hybridized carbons (Fsp3) is 0.762. The predicted octanol–water partition coefficient (Wildman–Crippen LogP) is 2.07. The SMILES string of the molecule is CCCCn1c(N)c(N(C(=O)CN2CCCC[C@@H]2C)C2CCCC2)c(=O)[nH]c1=O. The van der Waals surface area contributed by atoms with Crippen LogP contribution in [0.3, 0.4) is 0 Å². The van der Waals surface area contributed by atoms with E-state index in [9.17, 15) is 14.4 Å². The van der Waals surface area contributed by atoms with Gasteiger partial charge in [0.1, 0.15) is 5.82 Å². The number of carbonyl (C=O) groups excluding carboxylic acids is 1. The Balaban J connectivity index is 1.97. The minimum atomic E-state index is -0.563. The molecule has 162 valence electrons. The third-order valence-electron chi connectivity index (χ3n) is 6.43. The van der Waals surface area contributed by atoms with Crippen molar-refractivity contribution >= 4 is 17.4 Å². The van der Waals surface area contributed by atoms with Gasteiger partial charge in [-0.25, -0.2) is 4.79 Å². The summed E-state index contributed by atoms with van der Waals surface area (Å²) in [5.74, 6) is 0.0164. The lowest BCUT2D eigenvalue weighted by atomic mass is 10.0. The first-order chi connectivity index (χ1) is 13.9. The molecule has 3 rings (SSSR count). The molecule has 1 atom stereocenters. The zero-order chi connectivity index (χ0) is 21.0. The summed E-state index contributed by atoms with van der Waals surface area (Å²) >= 11 is 0. The van der Waals surface area contributed by atoms with Crippen LogP contribution in [0, 0.1) is 0 Å². The largest absolute Gasteiger partial charge is 0.383 e. The number of rotatable bonds is 7. The van der Waals surface area contributed by atoms with Gasteiger partial charge in [-0.3, -0.25) is 24.0 Å². The average Bonchev–Trinajstić information content (AvgIpc) is 3.20. The molecular weight excluding hydrogens is 370 g/mol. The molecule has 0 bridgehead atoms. The number of carbonyl (C=O) groups is 1. The van der Waals surface area contributed by atoms with Crippen molar-refractivity contribution in [1.29, 1.82) is 0 Å². The molecule has 1 aliphatic heterocycles. The molecule has 2 heterocycles. The Hall–Kier alpha value is -2.09. The van der Waals surface area contributed by atoms with Crippen LogP contribution in [0.4, 0.5) is 11.5 Å². The molecule has 1 saturated carbocycles. The van der Waals surface area contributed by atoms with Gasteiger partial charge < -0.3 is 10.6 Å². The first kappa shape index (κ1) is 21.6. The van der Waals surface area contributed by atoms with Crippen molar-refractivity contribution in [3.05, 3.63) is 20.8 Å². The van der Waals surface area contributed by atoms with Gasteiger partial charge in [-0.2, -0.15) is 0 Å². The average molecular weight is 406 g/mol. The maximum Gasteiger partial charge on any atom is 0.330 e. The summed E-state index contributed by atoms with van der Waals surface area (Å²) < 4.78 is 1.40. The van der Waals surface area contributed by atoms with Gasteiger partial charge in [0.2, 0.25) is 5.91 Å². The van der Waals surface area contributed by atoms with Crippen molar-refractivity contribution in [1.82, 2.24) is 14.5 Å². The zero-order valence-electron chi connectivity index (χ0n) is 17.8. The molecule has 1 amide bonds. The van der Waals surface area contributed by atoms with Crippen molar-refractivity contribution in [2.45, 2.75) is 90.3 Å². The van der Waals surface area contributed by atoms with E-state index in [4.69, 9.17) is 5.73 Å². The summed E-state index contributed by atoms with van der Waals surface area (Å²) in [5, 5.41) is 0. The Morgan fingerprint density at radius 2 is 1.86 bits per heavy atom. The minimum absolute atomic E-state index is 0.0388. The van der Waals surface area contributed by atoms with E-state index in [1.54, 1.807) is 4.90 Å². The number of nitrogens with one attached hydrogen (secondary N) is 1. The number of nitrogen functional groups attached to an aromatic ring is 1. The van der Waals surface area contributed by atoms with Gasteiger partial charge in [-0.15, -0.1) is 0 Å². The molecule has 0 unspecified atom stereocenters. The number of aromatic nitrogens is 2. The lowest BCUT2D eigenvalue weighted by Crippen LogP contribution is -2.51. The van der Waals surface area contributed by atoms with Crippen LogP contribution in [-0.2, 0) is 11.3 Å². The van der Waals surface area contributed by atoms with Crippen LogP contribution in [0.1, 0.15) is 71.6 Å². The summed E-state index contributed by atoms with van der Waals surface area (Å²) in [6.07, 6.45) is 8.81. The maximum absolute atomic E-state index is 13.4. The number of nitrogens with two attached hydrogens (primary N) is 1. The van der Waals surface area contributed by atoms with Crippen LogP contribution in [0.25, 0.3) is 0 Å². The van der Waals surface area contributed by atoms with Gasteiger partial charge in [0.15, 0.2) is 5.69 Å². The molecule has 1 aromatic heterocycles. The van der Waals surface area contributed by atoms with E-state index in [-0.39, 0.29) is 30.0 Å². The van der Waals surface area contributed by atoms with Crippen LogP contribution >= 0.6 is 0 Å². The van der Waals surface area contributed by atoms with Crippen LogP contribution < -0.4 is 21.9 Å². The number of piperidine rings is 1. The number of aromatic amines is 1. The van der Waals surface area contributed by atoms with Gasteiger partial charge in [0.25, 0.3) is 5.56 Å². The molecule has 8 nitrogen and oxygen atoms in total. The highest BCUT2D eigenvalue weighted by Crippen LogP contribution is 2.30. The van der Waals surface area contributed by atoms with Crippen LogP contribution in [0.2, 0.25) is 0 Å². The Morgan fingerprint density at radius 1 is 1.17 bits per heavy atom. The highest BCUT2D eigenvalue weighted by Gasteiger charge is 2.34. The number of unbranched alkanes of at least 4 members (excludes halogenated alkanes) is 1. The molecule has 1 saturated heterocycles. The highest BCUT2D eigenvalue weighted by molar-refractivity contribution is 5.97. The van der Waals surface area contributed by atoms with Crippen LogP contribution in [0.5, 0.6) is 0 Å². The number of amides is 1. The lowest BCUT2D eigenvalue weighted by Gasteiger charge is -2.36. The molecule has 3 N–H and O–H groups in total. The molecule has 0 spiro atoms. The monoisotopic (exact) mass is 405 g/mol. The number of H-pyrrole nitrogens is 1. The van der Waals surface area contributed by atoms with E-state index in [1.807, 2.05) is 6.92 Å². The number of anilines is 2. The second kappa shape index (κ2) is 9.61. The fourth-order valence-corrected chi connectivity index (χ4v) is 4.66. The fourth-order valence-electron chi connectivity index (χ4n) is 4.66. The second-order valence-electron chi connectivity index (χ2n) is 8.52. The first-order valence-electron chi connectivity index (χ1n) is 11.1. The summed E-state index contributed by atoms with van der Waals surface area (Å²) in [7, 11) is 0. The maximum atomic E-state index is 13.4. The third kappa shape index (κ3) is 4.74. The first-order valence-corrected chi connectivity index (χ1v) is 11.1. The number of nitrogens with zero attached hydrogens (tertiary/aromatic N) is 3. The van der Waals surface area contributed by atoms with Gasteiger partial charge in [0.05, 0.1) is 6.54 Å². The van der Waals surface area contributed by atoms with Gasteiger partial charge in [-0.1, -0.05) is 32.6 Å². The molecule has 29 heavy (non-hydrogen) atoms. The molecule has 8 heteroatoms. The smallest absolute Gasteiger partial charge is 0.330 e. The Bertz CT molecular complexity index is 825. The summed E-state index contributed by atoms with van der Waals surface area (Å²) in [5.41, 5.74) is 5.41. The van der Waals surface area contributed by atoms with Crippen molar-refractivity contribution in [3.8, 4) is 0 Å². The van der Waals surface area contributed by atoms with E-state index in [0.29, 0.717) is 12.6 Å². The molecule has 0 aromatic carbocycles. The number of hydrogen-bond acceptors (Lipinski definition) is 5. The van der Waals surface area contributed by atoms with Gasteiger partial charge in [0, 0.05) is 18.6 Å². The molecule has 1 aliphatic carbocycles. The number of likely N-dealkylation sites (tertiary alicyclic amines) is 1. The molecule has 2 aliphatic rings. The molecule has 2 fully saturated rings. The predicted molar refractivity (Wildman–Crippen MR) is 115 cm³/mol. The molecular formula is C21H35N5O3. The van der Waals surface area contributed by atoms with Crippen molar-refractivity contribution in [2.75, 3.05) is 23.7 Å². The molecule has 0 radical (unpaired) electrons. The third-order valence-corrected chi connectivity index (χ3v) is 6.43. The van der Waals surface area contributed by atoms with E-state index < -0.39 is 11.2 Å². The highest BCUT2D eigenvalue weighted by atomic mass is 16.2. The van der Waals surface area contributed by atoms with E-state index >= 15 is 0 Å². The Morgan fingerprint density at radius 3 is 2.52 bits per heavy atom. The van der Waals surface area contributed by atoms with Crippen LogP contribution in [-0.4, -0.2) is 45.5 Å². The normalized spacial score (nSPS) is 20.8. The van der Waals surface area contributed by atoms with Crippen molar-refractivity contribution in [3.63, 3.8) is 0 Å².